The molecule has 0 aliphatic carbocycles. The maximum atomic E-state index is 13.5. The number of H-pyrrole nitrogens is 1. The Bertz CT molecular complexity index is 1570. The summed E-state index contributed by atoms with van der Waals surface area (Å²) in [5.41, 5.74) is 3.47. The van der Waals surface area contributed by atoms with Gasteiger partial charge in [0.25, 0.3) is 11.5 Å². The van der Waals surface area contributed by atoms with Gasteiger partial charge in [0, 0.05) is 35.0 Å². The van der Waals surface area contributed by atoms with Crippen LogP contribution < -0.4 is 5.56 Å². The highest BCUT2D eigenvalue weighted by Crippen LogP contribution is 2.38. The van der Waals surface area contributed by atoms with E-state index in [0.29, 0.717) is 43.8 Å². The maximum absolute atomic E-state index is 13.5. The molecule has 9 heteroatoms. The number of hydrazone groups is 1. The zero-order chi connectivity index (χ0) is 25.4. The zero-order valence-corrected chi connectivity index (χ0v) is 21.4. The molecule has 3 aromatic carbocycles. The van der Waals surface area contributed by atoms with Crippen LogP contribution in [0.2, 0.25) is 15.1 Å². The number of carbonyl (C=O) groups is 1. The number of rotatable bonds is 5. The van der Waals surface area contributed by atoms with Crippen molar-refractivity contribution in [1.29, 1.82) is 0 Å². The number of aromatic nitrogens is 1. The van der Waals surface area contributed by atoms with E-state index in [9.17, 15) is 9.59 Å². The van der Waals surface area contributed by atoms with Crippen molar-refractivity contribution in [2.45, 2.75) is 12.5 Å². The Labute approximate surface area is 222 Å². The number of aromatic amines is 1. The van der Waals surface area contributed by atoms with Crippen molar-refractivity contribution in [2.24, 2.45) is 5.10 Å². The zero-order valence-electron chi connectivity index (χ0n) is 19.1. The molecular weight excluding hydrogens is 521 g/mol. The SMILES string of the molecule is COCC(=O)N1N=C(c2c(-c3ccccc3)c3cc(Cl)ccc3[nH]c2=O)C[C@@H]1c1ccc(Cl)c(Cl)c1. The molecule has 0 fully saturated rings. The molecule has 1 N–H and O–H groups in total. The molecule has 0 spiro atoms. The molecule has 182 valence electrons. The number of nitrogens with zero attached hydrogens (tertiary/aromatic N) is 2. The molecule has 1 aliphatic heterocycles. The highest BCUT2D eigenvalue weighted by atomic mass is 35.5. The summed E-state index contributed by atoms with van der Waals surface area (Å²) in [6.45, 7) is -0.163. The minimum atomic E-state index is -0.490. The summed E-state index contributed by atoms with van der Waals surface area (Å²) >= 11 is 18.7. The quantitative estimate of drug-likeness (QED) is 0.315. The number of fused-ring (bicyclic) bond motifs is 1. The molecule has 1 amide bonds. The standard InChI is InChI=1S/C27H20Cl3N3O3/c1-36-14-24(34)33-23(16-7-9-19(29)20(30)11-16)13-22(32-33)26-25(15-5-3-2-4-6-15)18-12-17(28)8-10-21(18)31-27(26)35/h2-12,23H,13-14H2,1H3,(H,31,35)/t23-/m1/s1. The lowest BCUT2D eigenvalue weighted by Crippen LogP contribution is -2.30. The Balaban J connectivity index is 1.73. The van der Waals surface area contributed by atoms with E-state index in [1.54, 1.807) is 30.3 Å². The summed E-state index contributed by atoms with van der Waals surface area (Å²) < 4.78 is 5.08. The number of ether oxygens (including phenoxy) is 1. The number of nitrogens with one attached hydrogen (secondary N) is 1. The van der Waals surface area contributed by atoms with Crippen LogP contribution in [0.5, 0.6) is 0 Å². The van der Waals surface area contributed by atoms with Crippen molar-refractivity contribution in [3.63, 3.8) is 0 Å². The van der Waals surface area contributed by atoms with E-state index in [0.717, 1.165) is 16.5 Å². The van der Waals surface area contributed by atoms with Crippen LogP contribution in [0, 0.1) is 0 Å². The van der Waals surface area contributed by atoms with E-state index in [-0.39, 0.29) is 18.1 Å². The van der Waals surface area contributed by atoms with Crippen molar-refractivity contribution in [3.05, 3.63) is 103 Å². The van der Waals surface area contributed by atoms with Gasteiger partial charge in [-0.2, -0.15) is 5.10 Å². The third-order valence-electron chi connectivity index (χ3n) is 6.09. The summed E-state index contributed by atoms with van der Waals surface area (Å²) in [5.74, 6) is -0.343. The van der Waals surface area contributed by atoms with E-state index in [4.69, 9.17) is 39.5 Å². The van der Waals surface area contributed by atoms with E-state index in [2.05, 4.69) is 10.1 Å². The number of carbonyl (C=O) groups excluding carboxylic acids is 1. The molecule has 5 rings (SSSR count). The third-order valence-corrected chi connectivity index (χ3v) is 7.06. The lowest BCUT2D eigenvalue weighted by atomic mass is 9.91. The molecule has 1 aromatic heterocycles. The van der Waals surface area contributed by atoms with Crippen LogP contribution in [0.15, 0.2) is 76.6 Å². The Morgan fingerprint density at radius 1 is 1.03 bits per heavy atom. The lowest BCUT2D eigenvalue weighted by molar-refractivity contribution is -0.137. The molecule has 0 saturated heterocycles. The van der Waals surface area contributed by atoms with Crippen molar-refractivity contribution in [2.75, 3.05) is 13.7 Å². The van der Waals surface area contributed by atoms with Crippen LogP contribution in [-0.4, -0.2) is 35.3 Å². The Morgan fingerprint density at radius 2 is 1.81 bits per heavy atom. The second-order valence-corrected chi connectivity index (χ2v) is 9.62. The number of benzene rings is 3. The first-order chi connectivity index (χ1) is 17.4. The molecule has 0 radical (unpaired) electrons. The number of pyridine rings is 1. The number of amides is 1. The summed E-state index contributed by atoms with van der Waals surface area (Å²) in [6.07, 6.45) is 0.294. The summed E-state index contributed by atoms with van der Waals surface area (Å²) in [4.78, 5) is 29.4. The first-order valence-corrected chi connectivity index (χ1v) is 12.3. The Hall–Kier alpha value is -3.16. The van der Waals surface area contributed by atoms with Crippen LogP contribution in [0.3, 0.4) is 0 Å². The predicted molar refractivity (Wildman–Crippen MR) is 144 cm³/mol. The van der Waals surface area contributed by atoms with Gasteiger partial charge in [-0.1, -0.05) is 71.2 Å². The Morgan fingerprint density at radius 3 is 2.53 bits per heavy atom. The van der Waals surface area contributed by atoms with Crippen LogP contribution >= 0.6 is 34.8 Å². The molecule has 4 aromatic rings. The summed E-state index contributed by atoms with van der Waals surface area (Å²) in [6, 6.07) is 19.6. The third kappa shape index (κ3) is 4.53. The lowest BCUT2D eigenvalue weighted by Gasteiger charge is -2.22. The Kier molecular flexibility index (Phi) is 6.86. The fraction of sp³-hybridized carbons (Fsp3) is 0.148. The maximum Gasteiger partial charge on any atom is 0.269 e. The van der Waals surface area contributed by atoms with Gasteiger partial charge in [-0.25, -0.2) is 5.01 Å². The van der Waals surface area contributed by atoms with Crippen molar-refractivity contribution < 1.29 is 9.53 Å². The van der Waals surface area contributed by atoms with Gasteiger partial charge in [0.1, 0.15) is 6.61 Å². The summed E-state index contributed by atoms with van der Waals surface area (Å²) in [5, 5.41) is 8.10. The molecule has 2 heterocycles. The van der Waals surface area contributed by atoms with Crippen LogP contribution in [0.4, 0.5) is 0 Å². The van der Waals surface area contributed by atoms with Crippen molar-refractivity contribution in [1.82, 2.24) is 9.99 Å². The molecular formula is C27H20Cl3N3O3. The minimum Gasteiger partial charge on any atom is -0.375 e. The van der Waals surface area contributed by atoms with Gasteiger partial charge < -0.3 is 9.72 Å². The molecule has 0 bridgehead atoms. The second-order valence-electron chi connectivity index (χ2n) is 8.37. The largest absolute Gasteiger partial charge is 0.375 e. The normalized spacial score (nSPS) is 15.4. The number of hydrogen-bond donors (Lipinski definition) is 1. The predicted octanol–water partition coefficient (Wildman–Crippen LogP) is 6.48. The van der Waals surface area contributed by atoms with Gasteiger partial charge >= 0.3 is 0 Å². The molecule has 0 saturated carbocycles. The van der Waals surface area contributed by atoms with Gasteiger partial charge in [-0.05, 0) is 41.5 Å². The topological polar surface area (TPSA) is 74.8 Å². The highest BCUT2D eigenvalue weighted by Gasteiger charge is 2.35. The first-order valence-electron chi connectivity index (χ1n) is 11.1. The first kappa shape index (κ1) is 24.5. The van der Waals surface area contributed by atoms with Crippen LogP contribution in [0.1, 0.15) is 23.6 Å². The number of hydrogen-bond acceptors (Lipinski definition) is 4. The van der Waals surface area contributed by atoms with Crippen LogP contribution in [0.25, 0.3) is 22.0 Å². The molecule has 36 heavy (non-hydrogen) atoms. The molecule has 1 atom stereocenters. The molecule has 0 unspecified atom stereocenters. The van der Waals surface area contributed by atoms with Crippen molar-refractivity contribution >= 4 is 57.3 Å². The van der Waals surface area contributed by atoms with E-state index in [1.165, 1.54) is 12.1 Å². The average molecular weight is 541 g/mol. The number of methoxy groups -OCH3 is 1. The van der Waals surface area contributed by atoms with E-state index in [1.807, 2.05) is 36.4 Å². The molecule has 1 aliphatic rings. The average Bonchev–Trinajstić information content (AvgIpc) is 3.31. The highest BCUT2D eigenvalue weighted by molar-refractivity contribution is 6.42. The van der Waals surface area contributed by atoms with Gasteiger partial charge in [-0.15, -0.1) is 0 Å². The second kappa shape index (κ2) is 10.1. The van der Waals surface area contributed by atoms with Gasteiger partial charge in [0.05, 0.1) is 27.4 Å². The number of halogens is 3. The van der Waals surface area contributed by atoms with Crippen molar-refractivity contribution in [3.8, 4) is 11.1 Å². The van der Waals surface area contributed by atoms with Crippen LogP contribution in [-0.2, 0) is 9.53 Å². The fourth-order valence-corrected chi connectivity index (χ4v) is 4.98. The van der Waals surface area contributed by atoms with Gasteiger partial charge in [-0.3, -0.25) is 9.59 Å². The smallest absolute Gasteiger partial charge is 0.269 e. The van der Waals surface area contributed by atoms with Gasteiger partial charge in [0.15, 0.2) is 0 Å². The molecule has 6 nitrogen and oxygen atoms in total. The minimum absolute atomic E-state index is 0.163. The summed E-state index contributed by atoms with van der Waals surface area (Å²) in [7, 11) is 1.44. The fourth-order valence-electron chi connectivity index (χ4n) is 4.51. The van der Waals surface area contributed by atoms with E-state index >= 15 is 0 Å². The van der Waals surface area contributed by atoms with E-state index < -0.39 is 6.04 Å². The monoisotopic (exact) mass is 539 g/mol. The van der Waals surface area contributed by atoms with Gasteiger partial charge in [0.2, 0.25) is 0 Å².